The maximum atomic E-state index is 13.8. The van der Waals surface area contributed by atoms with Gasteiger partial charge in [0, 0.05) is 24.9 Å². The van der Waals surface area contributed by atoms with Gasteiger partial charge in [0.2, 0.25) is 5.06 Å². The van der Waals surface area contributed by atoms with Gasteiger partial charge in [-0.1, -0.05) is 17.4 Å². The third-order valence-corrected chi connectivity index (χ3v) is 4.33. The van der Waals surface area contributed by atoms with E-state index in [4.69, 9.17) is 9.47 Å². The molecule has 0 aliphatic heterocycles. The van der Waals surface area contributed by atoms with Gasteiger partial charge in [-0.3, -0.25) is 10.2 Å². The molecule has 0 aliphatic rings. The van der Waals surface area contributed by atoms with Crippen molar-refractivity contribution < 1.29 is 23.0 Å². The fourth-order valence-corrected chi connectivity index (χ4v) is 2.85. The van der Waals surface area contributed by atoms with Gasteiger partial charge in [-0.2, -0.15) is 0 Å². The van der Waals surface area contributed by atoms with E-state index in [9.17, 15) is 13.6 Å². The summed E-state index contributed by atoms with van der Waals surface area (Å²) in [6.45, 7) is 0. The van der Waals surface area contributed by atoms with E-state index in [1.54, 1.807) is 12.1 Å². The highest BCUT2D eigenvalue weighted by atomic mass is 32.1. The first-order chi connectivity index (χ1) is 13.0. The topological polar surface area (TPSA) is 63.7 Å². The second-order valence-electron chi connectivity index (χ2n) is 5.35. The van der Waals surface area contributed by atoms with Gasteiger partial charge in [0.1, 0.15) is 11.6 Å². The van der Waals surface area contributed by atoms with Gasteiger partial charge < -0.3 is 9.47 Å². The average Bonchev–Trinajstić information content (AvgIpc) is 3.07. The summed E-state index contributed by atoms with van der Waals surface area (Å²) in [6, 6.07) is 9.35. The van der Waals surface area contributed by atoms with Gasteiger partial charge in [-0.05, 0) is 24.3 Å². The number of urea groups is 1. The highest BCUT2D eigenvalue weighted by molar-refractivity contribution is 7.17. The van der Waals surface area contributed by atoms with E-state index in [0.29, 0.717) is 16.5 Å². The van der Waals surface area contributed by atoms with Crippen molar-refractivity contribution in [1.82, 2.24) is 4.98 Å². The normalized spacial score (nSPS) is 10.4. The number of carbonyl (C=O) groups is 1. The van der Waals surface area contributed by atoms with Crippen LogP contribution in [-0.2, 0) is 0 Å². The van der Waals surface area contributed by atoms with Crippen LogP contribution in [0.4, 0.5) is 24.4 Å². The number of carbonyl (C=O) groups excluding carboxylic acids is 1. The Bertz CT molecular complexity index is 965. The Hall–Kier alpha value is -3.20. The van der Waals surface area contributed by atoms with Crippen molar-refractivity contribution in [2.75, 3.05) is 24.4 Å². The molecule has 140 valence electrons. The van der Waals surface area contributed by atoms with E-state index in [1.807, 2.05) is 0 Å². The Balaban J connectivity index is 1.65. The molecule has 2 aromatic carbocycles. The zero-order valence-corrected chi connectivity index (χ0v) is 15.2. The van der Waals surface area contributed by atoms with Gasteiger partial charge in [-0.15, -0.1) is 0 Å². The first kappa shape index (κ1) is 18.6. The highest BCUT2D eigenvalue weighted by Crippen LogP contribution is 2.31. The van der Waals surface area contributed by atoms with Gasteiger partial charge in [-0.25, -0.2) is 18.6 Å². The molecule has 1 N–H and O–H groups in total. The fourth-order valence-electron chi connectivity index (χ4n) is 2.17. The number of hydrogen-bond acceptors (Lipinski definition) is 5. The number of rotatable bonds is 5. The minimum Gasteiger partial charge on any atom is -0.494 e. The number of nitrogens with zero attached hydrogens (tertiary/aromatic N) is 2. The molecule has 9 heteroatoms. The number of benzene rings is 2. The molecular weight excluding hydrogens is 376 g/mol. The number of thiazole rings is 1. The van der Waals surface area contributed by atoms with E-state index >= 15 is 0 Å². The Morgan fingerprint density at radius 2 is 2.04 bits per heavy atom. The van der Waals surface area contributed by atoms with Crippen molar-refractivity contribution in [1.29, 1.82) is 0 Å². The SMILES string of the molecule is COc1ccc(N(C)C(=O)Nc2ncc(Oc3cccc(F)c3)s2)cc1F. The zero-order chi connectivity index (χ0) is 19.4. The molecule has 0 unspecified atom stereocenters. The lowest BCUT2D eigenvalue weighted by Gasteiger charge is -2.17. The monoisotopic (exact) mass is 391 g/mol. The summed E-state index contributed by atoms with van der Waals surface area (Å²) in [4.78, 5) is 17.6. The standard InChI is InChI=1S/C18H15F2N3O3S/c1-23(12-6-7-15(25-2)14(20)9-12)18(24)22-17-21-10-16(27-17)26-13-5-3-4-11(19)8-13/h3-10H,1-2H3,(H,21,22,24). The zero-order valence-electron chi connectivity index (χ0n) is 14.4. The maximum absolute atomic E-state index is 13.8. The van der Waals surface area contributed by atoms with E-state index < -0.39 is 17.7 Å². The Morgan fingerprint density at radius 3 is 2.74 bits per heavy atom. The molecule has 27 heavy (non-hydrogen) atoms. The molecule has 0 saturated heterocycles. The number of hydrogen-bond donors (Lipinski definition) is 1. The summed E-state index contributed by atoms with van der Waals surface area (Å²) < 4.78 is 37.3. The second-order valence-corrected chi connectivity index (χ2v) is 6.35. The number of methoxy groups -OCH3 is 1. The largest absolute Gasteiger partial charge is 0.494 e. The molecular formula is C18H15F2N3O3S. The van der Waals surface area contributed by atoms with Crippen LogP contribution in [0.3, 0.4) is 0 Å². The molecule has 0 atom stereocenters. The van der Waals surface area contributed by atoms with E-state index in [2.05, 4.69) is 10.3 Å². The average molecular weight is 391 g/mol. The molecule has 0 spiro atoms. The summed E-state index contributed by atoms with van der Waals surface area (Å²) >= 11 is 1.08. The smallest absolute Gasteiger partial charge is 0.327 e. The Labute approximate surface area is 158 Å². The molecule has 6 nitrogen and oxygen atoms in total. The summed E-state index contributed by atoms with van der Waals surface area (Å²) in [5.74, 6) is -0.581. The van der Waals surface area contributed by atoms with Crippen LogP contribution in [0, 0.1) is 11.6 Å². The first-order valence-corrected chi connectivity index (χ1v) is 8.55. The third kappa shape index (κ3) is 4.50. The van der Waals surface area contributed by atoms with Gasteiger partial charge in [0.15, 0.2) is 16.7 Å². The van der Waals surface area contributed by atoms with Crippen molar-refractivity contribution in [2.24, 2.45) is 0 Å². The summed E-state index contributed by atoms with van der Waals surface area (Å²) in [5, 5.41) is 3.26. The molecule has 0 saturated carbocycles. The van der Waals surface area contributed by atoms with Crippen LogP contribution in [0.1, 0.15) is 0 Å². The van der Waals surface area contributed by atoms with Gasteiger partial charge >= 0.3 is 6.03 Å². The lowest BCUT2D eigenvalue weighted by atomic mass is 10.2. The molecule has 1 heterocycles. The predicted octanol–water partition coefficient (Wildman–Crippen LogP) is 4.89. The van der Waals surface area contributed by atoms with Crippen LogP contribution in [0.25, 0.3) is 0 Å². The Kier molecular flexibility index (Phi) is 5.51. The number of anilines is 2. The van der Waals surface area contributed by atoms with Crippen molar-refractivity contribution in [2.45, 2.75) is 0 Å². The summed E-state index contributed by atoms with van der Waals surface area (Å²) in [6.07, 6.45) is 1.41. The molecule has 0 aliphatic carbocycles. The van der Waals surface area contributed by atoms with Crippen LogP contribution in [-0.4, -0.2) is 25.2 Å². The van der Waals surface area contributed by atoms with Crippen LogP contribution in [0.15, 0.2) is 48.7 Å². The van der Waals surface area contributed by atoms with Crippen molar-refractivity contribution in [3.05, 3.63) is 60.3 Å². The van der Waals surface area contributed by atoms with Crippen LogP contribution >= 0.6 is 11.3 Å². The molecule has 0 fully saturated rings. The summed E-state index contributed by atoms with van der Waals surface area (Å²) in [7, 11) is 2.86. The predicted molar refractivity (Wildman–Crippen MR) is 99.0 cm³/mol. The van der Waals surface area contributed by atoms with Crippen LogP contribution in [0.2, 0.25) is 0 Å². The first-order valence-electron chi connectivity index (χ1n) is 7.74. The quantitative estimate of drug-likeness (QED) is 0.673. The van der Waals surface area contributed by atoms with E-state index in [-0.39, 0.29) is 10.9 Å². The molecule has 0 radical (unpaired) electrons. The molecule has 3 rings (SSSR count). The number of amides is 2. The number of nitrogens with one attached hydrogen (secondary N) is 1. The molecule has 3 aromatic rings. The molecule has 2 amide bonds. The number of ether oxygens (including phenoxy) is 2. The Morgan fingerprint density at radius 1 is 1.22 bits per heavy atom. The minimum atomic E-state index is -0.574. The number of aromatic nitrogens is 1. The fraction of sp³-hybridized carbons (Fsp3) is 0.111. The third-order valence-electron chi connectivity index (χ3n) is 3.54. The van der Waals surface area contributed by atoms with Gasteiger partial charge in [0.05, 0.1) is 13.3 Å². The lowest BCUT2D eigenvalue weighted by Crippen LogP contribution is -2.31. The molecule has 1 aromatic heterocycles. The maximum Gasteiger partial charge on any atom is 0.327 e. The van der Waals surface area contributed by atoms with E-state index in [0.717, 1.165) is 11.3 Å². The number of halogens is 2. The lowest BCUT2D eigenvalue weighted by molar-refractivity contribution is 0.258. The van der Waals surface area contributed by atoms with Crippen LogP contribution in [0.5, 0.6) is 16.6 Å². The van der Waals surface area contributed by atoms with Crippen molar-refractivity contribution in [3.8, 4) is 16.6 Å². The highest BCUT2D eigenvalue weighted by Gasteiger charge is 2.15. The minimum absolute atomic E-state index is 0.0895. The summed E-state index contributed by atoms with van der Waals surface area (Å²) in [5.41, 5.74) is 0.346. The second kappa shape index (κ2) is 8.00. The van der Waals surface area contributed by atoms with Gasteiger partial charge in [0.25, 0.3) is 0 Å². The van der Waals surface area contributed by atoms with Crippen molar-refractivity contribution >= 4 is 28.2 Å². The van der Waals surface area contributed by atoms with Crippen molar-refractivity contribution in [3.63, 3.8) is 0 Å². The molecule has 0 bridgehead atoms. The van der Waals surface area contributed by atoms with E-state index in [1.165, 1.54) is 55.6 Å². The van der Waals surface area contributed by atoms with Crippen LogP contribution < -0.4 is 19.7 Å².